The Hall–Kier alpha value is -3.20. The summed E-state index contributed by atoms with van der Waals surface area (Å²) in [6.07, 6.45) is 3.24. The highest BCUT2D eigenvalue weighted by molar-refractivity contribution is 9.10. The van der Waals surface area contributed by atoms with E-state index in [1.165, 1.54) is 12.4 Å². The predicted molar refractivity (Wildman–Crippen MR) is 98.7 cm³/mol. The van der Waals surface area contributed by atoms with Crippen LogP contribution in [0.1, 0.15) is 17.2 Å². The van der Waals surface area contributed by atoms with Gasteiger partial charge in [0, 0.05) is 21.8 Å². The SMILES string of the molecule is O=[N+]([O-])c1cc(Br)cc(C2C=C(c3ccccc3)Nc3ncnn32)c1O. The molecule has 3 aromatic rings. The van der Waals surface area contributed by atoms with Gasteiger partial charge in [0.1, 0.15) is 12.4 Å². The minimum atomic E-state index is -0.616. The maximum absolute atomic E-state index is 11.3. The summed E-state index contributed by atoms with van der Waals surface area (Å²) in [6, 6.07) is 12.0. The summed E-state index contributed by atoms with van der Waals surface area (Å²) < 4.78 is 2.06. The maximum Gasteiger partial charge on any atom is 0.312 e. The maximum atomic E-state index is 11.3. The van der Waals surface area contributed by atoms with E-state index in [0.29, 0.717) is 16.0 Å². The number of allylic oxidation sites excluding steroid dienone is 1. The van der Waals surface area contributed by atoms with Crippen LogP contribution < -0.4 is 5.32 Å². The molecule has 2 aromatic carbocycles. The van der Waals surface area contributed by atoms with Crippen LogP contribution in [0.25, 0.3) is 5.70 Å². The minimum absolute atomic E-state index is 0.354. The molecule has 0 fully saturated rings. The smallest absolute Gasteiger partial charge is 0.312 e. The van der Waals surface area contributed by atoms with E-state index in [9.17, 15) is 15.2 Å². The number of nitro groups is 1. The van der Waals surface area contributed by atoms with Crippen molar-refractivity contribution < 1.29 is 10.0 Å². The van der Waals surface area contributed by atoms with Gasteiger partial charge in [-0.1, -0.05) is 46.3 Å². The summed E-state index contributed by atoms with van der Waals surface area (Å²) in [5.41, 5.74) is 1.69. The van der Waals surface area contributed by atoms with Crippen molar-refractivity contribution in [1.82, 2.24) is 14.8 Å². The summed E-state index contributed by atoms with van der Waals surface area (Å²) in [6.45, 7) is 0. The number of benzene rings is 2. The van der Waals surface area contributed by atoms with Crippen molar-refractivity contribution in [2.75, 3.05) is 5.32 Å². The van der Waals surface area contributed by atoms with E-state index in [4.69, 9.17) is 0 Å². The minimum Gasteiger partial charge on any atom is -0.502 e. The van der Waals surface area contributed by atoms with Gasteiger partial charge in [-0.05, 0) is 17.7 Å². The number of fused-ring (bicyclic) bond motifs is 1. The lowest BCUT2D eigenvalue weighted by Crippen LogP contribution is -2.20. The van der Waals surface area contributed by atoms with Crippen LogP contribution in [0.2, 0.25) is 0 Å². The average molecular weight is 414 g/mol. The van der Waals surface area contributed by atoms with E-state index in [0.717, 1.165) is 11.3 Å². The Morgan fingerprint density at radius 1 is 1.27 bits per heavy atom. The molecular weight excluding hydrogens is 402 g/mol. The van der Waals surface area contributed by atoms with Crippen LogP contribution in [0.5, 0.6) is 5.75 Å². The second kappa shape index (κ2) is 6.26. The number of phenols is 1. The first-order chi connectivity index (χ1) is 12.5. The van der Waals surface area contributed by atoms with Gasteiger partial charge in [0.25, 0.3) is 0 Å². The molecular formula is C17H12BrN5O3. The molecule has 9 heteroatoms. The van der Waals surface area contributed by atoms with Crippen LogP contribution in [-0.2, 0) is 0 Å². The average Bonchev–Trinajstić information content (AvgIpc) is 3.12. The Bertz CT molecular complexity index is 1030. The van der Waals surface area contributed by atoms with Gasteiger partial charge in [-0.3, -0.25) is 10.1 Å². The van der Waals surface area contributed by atoms with Crippen LogP contribution in [0.4, 0.5) is 11.6 Å². The summed E-state index contributed by atoms with van der Waals surface area (Å²) in [4.78, 5) is 14.8. The fraction of sp³-hybridized carbons (Fsp3) is 0.0588. The Morgan fingerprint density at radius 3 is 2.77 bits per heavy atom. The molecule has 0 saturated carbocycles. The number of aromatic hydroxyl groups is 1. The largest absolute Gasteiger partial charge is 0.502 e. The molecule has 0 amide bonds. The number of hydrogen-bond donors (Lipinski definition) is 2. The van der Waals surface area contributed by atoms with Gasteiger partial charge < -0.3 is 10.4 Å². The molecule has 1 aliphatic heterocycles. The summed E-state index contributed by atoms with van der Waals surface area (Å²) >= 11 is 3.28. The van der Waals surface area contributed by atoms with Gasteiger partial charge in [-0.15, -0.1) is 0 Å². The number of rotatable bonds is 3. The first kappa shape index (κ1) is 16.3. The Kier molecular flexibility index (Phi) is 3.92. The normalized spacial score (nSPS) is 15.7. The first-order valence-corrected chi connectivity index (χ1v) is 8.44. The molecule has 0 spiro atoms. The number of phenolic OH excluding ortho intramolecular Hbond substituents is 1. The zero-order valence-corrected chi connectivity index (χ0v) is 14.8. The molecule has 2 heterocycles. The van der Waals surface area contributed by atoms with Crippen molar-refractivity contribution in [1.29, 1.82) is 0 Å². The molecule has 26 heavy (non-hydrogen) atoms. The Balaban J connectivity index is 1.90. The lowest BCUT2D eigenvalue weighted by atomic mass is 10.0. The summed E-state index contributed by atoms with van der Waals surface area (Å²) in [5, 5.41) is 29.1. The van der Waals surface area contributed by atoms with Gasteiger partial charge in [0.15, 0.2) is 5.75 Å². The molecule has 8 nitrogen and oxygen atoms in total. The molecule has 2 N–H and O–H groups in total. The number of halogens is 1. The van der Waals surface area contributed by atoms with Gasteiger partial charge in [0.05, 0.1) is 4.92 Å². The second-order valence-corrected chi connectivity index (χ2v) is 6.58. The quantitative estimate of drug-likeness (QED) is 0.500. The van der Waals surface area contributed by atoms with Gasteiger partial charge in [0.2, 0.25) is 5.95 Å². The van der Waals surface area contributed by atoms with Crippen LogP contribution in [0, 0.1) is 10.1 Å². The predicted octanol–water partition coefficient (Wildman–Crippen LogP) is 3.71. The van der Waals surface area contributed by atoms with Crippen molar-refractivity contribution in [2.45, 2.75) is 6.04 Å². The lowest BCUT2D eigenvalue weighted by Gasteiger charge is -2.25. The number of aromatic nitrogens is 3. The van der Waals surface area contributed by atoms with Crippen molar-refractivity contribution in [3.8, 4) is 5.75 Å². The number of nitro benzene ring substituents is 1. The molecule has 0 aliphatic carbocycles. The third kappa shape index (κ3) is 2.72. The van der Waals surface area contributed by atoms with E-state index >= 15 is 0 Å². The van der Waals surface area contributed by atoms with E-state index in [2.05, 4.69) is 31.3 Å². The fourth-order valence-electron chi connectivity index (χ4n) is 2.91. The topological polar surface area (TPSA) is 106 Å². The van der Waals surface area contributed by atoms with E-state index in [1.54, 1.807) is 10.7 Å². The number of nitrogens with one attached hydrogen (secondary N) is 1. The fourth-order valence-corrected chi connectivity index (χ4v) is 3.37. The summed E-state index contributed by atoms with van der Waals surface area (Å²) in [7, 11) is 0. The van der Waals surface area contributed by atoms with Crippen molar-refractivity contribution in [3.63, 3.8) is 0 Å². The highest BCUT2D eigenvalue weighted by Crippen LogP contribution is 2.41. The number of anilines is 1. The highest BCUT2D eigenvalue weighted by atomic mass is 79.9. The third-order valence-corrected chi connectivity index (χ3v) is 4.55. The standard InChI is InChI=1S/C17H12BrN5O3/c18-11-6-12(16(24)15(7-11)23(25)26)14-8-13(10-4-2-1-3-5-10)21-17-19-9-20-22(14)17/h1-9,14,24H,(H,19,20,21). The second-order valence-electron chi connectivity index (χ2n) is 5.66. The number of hydrogen-bond acceptors (Lipinski definition) is 6. The Labute approximate surface area is 156 Å². The summed E-state index contributed by atoms with van der Waals surface area (Å²) in [5.74, 6) is 0.0913. The molecule has 1 atom stereocenters. The van der Waals surface area contributed by atoms with Crippen molar-refractivity contribution in [2.24, 2.45) is 0 Å². The third-order valence-electron chi connectivity index (χ3n) is 4.09. The molecule has 1 aliphatic rings. The van der Waals surface area contributed by atoms with Gasteiger partial charge in [-0.2, -0.15) is 10.1 Å². The number of nitrogens with zero attached hydrogens (tertiary/aromatic N) is 4. The lowest BCUT2D eigenvalue weighted by molar-refractivity contribution is -0.386. The molecule has 4 rings (SSSR count). The van der Waals surface area contributed by atoms with Gasteiger partial charge in [-0.25, -0.2) is 4.68 Å². The zero-order chi connectivity index (χ0) is 18.3. The van der Waals surface area contributed by atoms with E-state index in [-0.39, 0.29) is 5.69 Å². The van der Waals surface area contributed by atoms with E-state index in [1.807, 2.05) is 36.4 Å². The van der Waals surface area contributed by atoms with Crippen LogP contribution in [0.15, 0.2) is 59.3 Å². The molecule has 130 valence electrons. The molecule has 1 aromatic heterocycles. The molecule has 0 saturated heterocycles. The van der Waals surface area contributed by atoms with E-state index < -0.39 is 16.7 Å². The molecule has 1 unspecified atom stereocenters. The molecule has 0 bridgehead atoms. The van der Waals surface area contributed by atoms with Crippen molar-refractivity contribution >= 4 is 33.3 Å². The van der Waals surface area contributed by atoms with Crippen LogP contribution in [-0.4, -0.2) is 24.8 Å². The van der Waals surface area contributed by atoms with Crippen molar-refractivity contribution in [3.05, 3.63) is 80.6 Å². The van der Waals surface area contributed by atoms with Crippen LogP contribution in [0.3, 0.4) is 0 Å². The Morgan fingerprint density at radius 2 is 2.04 bits per heavy atom. The zero-order valence-electron chi connectivity index (χ0n) is 13.2. The monoisotopic (exact) mass is 413 g/mol. The first-order valence-electron chi connectivity index (χ1n) is 7.65. The van der Waals surface area contributed by atoms with Gasteiger partial charge >= 0.3 is 5.69 Å². The molecule has 0 radical (unpaired) electrons. The highest BCUT2D eigenvalue weighted by Gasteiger charge is 2.29. The van der Waals surface area contributed by atoms with Crippen LogP contribution >= 0.6 is 15.9 Å².